The zero-order valence-corrected chi connectivity index (χ0v) is 7.45. The lowest BCUT2D eigenvalue weighted by Gasteiger charge is -2.17. The van der Waals surface area contributed by atoms with Gasteiger partial charge in [-0.3, -0.25) is 0 Å². The smallest absolute Gasteiger partial charge is 0.485 e. The van der Waals surface area contributed by atoms with Gasteiger partial charge in [-0.25, -0.2) is 0 Å². The number of phenolic OH excluding ortho intramolecular Hbond substituents is 1. The van der Waals surface area contributed by atoms with E-state index in [0.29, 0.717) is 0 Å². The molecule has 0 radical (unpaired) electrons. The summed E-state index contributed by atoms with van der Waals surface area (Å²) < 4.78 is 29.7. The van der Waals surface area contributed by atoms with Crippen LogP contribution in [0.5, 0.6) is 17.2 Å². The largest absolute Gasteiger partial charge is 0.504 e. The Morgan fingerprint density at radius 3 is 2.71 bits per heavy atom. The van der Waals surface area contributed by atoms with Gasteiger partial charge in [0.1, 0.15) is 0 Å². The lowest BCUT2D eigenvalue weighted by atomic mass is 10.2. The van der Waals surface area contributed by atoms with Crippen LogP contribution in [0.1, 0.15) is 0 Å². The van der Waals surface area contributed by atoms with Gasteiger partial charge in [0, 0.05) is 0 Å². The van der Waals surface area contributed by atoms with Crippen molar-refractivity contribution in [2.24, 2.45) is 0 Å². The Hall–Kier alpha value is -1.67. The second-order valence-electron chi connectivity index (χ2n) is 2.48. The van der Waals surface area contributed by atoms with E-state index < -0.39 is 16.1 Å². The van der Waals surface area contributed by atoms with Crippen molar-refractivity contribution < 1.29 is 26.9 Å². The molecule has 7 nitrogen and oxygen atoms in total. The third-order valence-corrected chi connectivity index (χ3v) is 2.11. The van der Waals surface area contributed by atoms with E-state index in [2.05, 4.69) is 13.4 Å². The van der Waals surface area contributed by atoms with Crippen LogP contribution in [-0.2, 0) is 14.7 Å². The van der Waals surface area contributed by atoms with Gasteiger partial charge in [0.15, 0.2) is 5.75 Å². The summed E-state index contributed by atoms with van der Waals surface area (Å²) in [5.74, 6) is -0.947. The van der Waals surface area contributed by atoms with Gasteiger partial charge < -0.3 is 19.9 Å². The SMILES string of the molecule is Nc1ccc(O)c2c1OOS(=O)(=O)O2. The highest BCUT2D eigenvalue weighted by Gasteiger charge is 2.30. The first-order chi connectivity index (χ1) is 6.49. The first-order valence-electron chi connectivity index (χ1n) is 3.41. The number of fused-ring (bicyclic) bond motifs is 1. The van der Waals surface area contributed by atoms with Gasteiger partial charge in [0.25, 0.3) is 0 Å². The van der Waals surface area contributed by atoms with E-state index in [1.54, 1.807) is 0 Å². The van der Waals surface area contributed by atoms with Crippen LogP contribution in [0.2, 0.25) is 0 Å². The average Bonchev–Trinajstić information content (AvgIpc) is 2.10. The molecule has 2 rings (SSSR count). The van der Waals surface area contributed by atoms with Crippen LogP contribution in [0.4, 0.5) is 5.69 Å². The Morgan fingerprint density at radius 2 is 2.00 bits per heavy atom. The van der Waals surface area contributed by atoms with Crippen LogP contribution < -0.4 is 14.8 Å². The predicted molar refractivity (Wildman–Crippen MR) is 43.8 cm³/mol. The highest BCUT2D eigenvalue weighted by atomic mass is 32.3. The Kier molecular flexibility index (Phi) is 1.69. The summed E-state index contributed by atoms with van der Waals surface area (Å²) in [5, 5.41) is 9.23. The quantitative estimate of drug-likeness (QED) is 0.357. The molecule has 1 aliphatic rings. The Morgan fingerprint density at radius 1 is 1.29 bits per heavy atom. The van der Waals surface area contributed by atoms with Gasteiger partial charge in [0.05, 0.1) is 5.69 Å². The van der Waals surface area contributed by atoms with E-state index in [4.69, 9.17) is 5.73 Å². The van der Waals surface area contributed by atoms with E-state index >= 15 is 0 Å². The van der Waals surface area contributed by atoms with Crippen molar-refractivity contribution in [3.05, 3.63) is 12.1 Å². The van der Waals surface area contributed by atoms with E-state index in [0.717, 1.165) is 0 Å². The molecule has 1 aromatic carbocycles. The number of anilines is 1. The molecule has 0 amide bonds. The fourth-order valence-corrected chi connectivity index (χ4v) is 1.47. The molecule has 1 aromatic rings. The summed E-state index contributed by atoms with van der Waals surface area (Å²) in [6.45, 7) is 0. The van der Waals surface area contributed by atoms with Gasteiger partial charge in [0.2, 0.25) is 11.5 Å². The molecule has 0 atom stereocenters. The average molecular weight is 219 g/mol. The molecule has 0 aromatic heterocycles. The number of aromatic hydroxyl groups is 1. The van der Waals surface area contributed by atoms with Crippen LogP contribution in [0, 0.1) is 0 Å². The predicted octanol–water partition coefficient (Wildman–Crippen LogP) is -0.0780. The van der Waals surface area contributed by atoms with E-state index in [1.165, 1.54) is 12.1 Å². The standard InChI is InChI=1S/C6H5NO6S/c7-3-1-2-4(8)6-5(3)11-13-14(9,10)12-6/h1-2,8H,7H2. The zero-order valence-electron chi connectivity index (χ0n) is 6.63. The fraction of sp³-hybridized carbons (Fsp3) is 0. The zero-order chi connectivity index (χ0) is 10.3. The lowest BCUT2D eigenvalue weighted by molar-refractivity contribution is -0.111. The molecule has 76 valence electrons. The van der Waals surface area contributed by atoms with Gasteiger partial charge in [-0.15, -0.1) is 0 Å². The number of benzene rings is 1. The van der Waals surface area contributed by atoms with Crippen molar-refractivity contribution in [3.63, 3.8) is 0 Å². The topological polar surface area (TPSA) is 108 Å². The monoisotopic (exact) mass is 219 g/mol. The second-order valence-corrected chi connectivity index (χ2v) is 3.59. The number of nitrogens with two attached hydrogens (primary N) is 1. The van der Waals surface area contributed by atoms with Crippen LogP contribution in [0.15, 0.2) is 12.1 Å². The normalized spacial score (nSPS) is 17.7. The summed E-state index contributed by atoms with van der Waals surface area (Å²) in [4.78, 5) is 4.35. The molecule has 14 heavy (non-hydrogen) atoms. The summed E-state index contributed by atoms with van der Waals surface area (Å²) in [7, 11) is -4.27. The highest BCUT2D eigenvalue weighted by Crippen LogP contribution is 2.44. The minimum atomic E-state index is -4.27. The van der Waals surface area contributed by atoms with Gasteiger partial charge in [-0.1, -0.05) is 0 Å². The number of hydrogen-bond donors (Lipinski definition) is 2. The van der Waals surface area contributed by atoms with Crippen molar-refractivity contribution >= 4 is 16.1 Å². The summed E-state index contributed by atoms with van der Waals surface area (Å²) >= 11 is 0. The molecular weight excluding hydrogens is 214 g/mol. The third kappa shape index (κ3) is 1.30. The van der Waals surface area contributed by atoms with Gasteiger partial charge in [-0.2, -0.15) is 8.42 Å². The van der Waals surface area contributed by atoms with Crippen LogP contribution in [0.3, 0.4) is 0 Å². The summed E-state index contributed by atoms with van der Waals surface area (Å²) in [5.41, 5.74) is 5.50. The first-order valence-corrected chi connectivity index (χ1v) is 4.75. The van der Waals surface area contributed by atoms with Crippen LogP contribution in [0.25, 0.3) is 0 Å². The number of rotatable bonds is 0. The van der Waals surface area contributed by atoms with E-state index in [-0.39, 0.29) is 17.2 Å². The maximum Gasteiger partial charge on any atom is 0.485 e. The molecule has 0 fully saturated rings. The lowest BCUT2D eigenvalue weighted by Crippen LogP contribution is -2.21. The maximum absolute atomic E-state index is 10.8. The fourth-order valence-electron chi connectivity index (χ4n) is 0.926. The van der Waals surface area contributed by atoms with Crippen molar-refractivity contribution in [3.8, 4) is 17.2 Å². The Balaban J connectivity index is 2.62. The van der Waals surface area contributed by atoms with Crippen LogP contribution in [-0.4, -0.2) is 13.5 Å². The molecule has 0 aliphatic carbocycles. The van der Waals surface area contributed by atoms with Gasteiger partial charge >= 0.3 is 10.4 Å². The second kappa shape index (κ2) is 2.66. The molecule has 0 saturated heterocycles. The van der Waals surface area contributed by atoms with E-state index in [1.807, 2.05) is 0 Å². The van der Waals surface area contributed by atoms with E-state index in [9.17, 15) is 13.5 Å². The number of hydrogen-bond acceptors (Lipinski definition) is 7. The highest BCUT2D eigenvalue weighted by molar-refractivity contribution is 7.82. The molecule has 1 heterocycles. The molecule has 0 unspecified atom stereocenters. The molecule has 0 bridgehead atoms. The summed E-state index contributed by atoms with van der Waals surface area (Å²) in [6, 6.07) is 2.50. The minimum absolute atomic E-state index is 0.0905. The third-order valence-electron chi connectivity index (χ3n) is 1.51. The minimum Gasteiger partial charge on any atom is -0.504 e. The Labute approximate surface area is 78.9 Å². The number of nitrogen functional groups attached to an aromatic ring is 1. The van der Waals surface area contributed by atoms with Crippen molar-refractivity contribution in [2.45, 2.75) is 0 Å². The van der Waals surface area contributed by atoms with Crippen molar-refractivity contribution in [1.29, 1.82) is 0 Å². The van der Waals surface area contributed by atoms with Gasteiger partial charge in [-0.05, 0) is 16.5 Å². The molecular formula is C6H5NO6S. The molecule has 8 heteroatoms. The molecule has 0 spiro atoms. The molecule has 0 saturated carbocycles. The van der Waals surface area contributed by atoms with Crippen molar-refractivity contribution in [1.82, 2.24) is 0 Å². The molecule has 1 aliphatic heterocycles. The molecule has 3 N–H and O–H groups in total. The summed E-state index contributed by atoms with van der Waals surface area (Å²) in [6.07, 6.45) is 0. The maximum atomic E-state index is 10.8. The first kappa shape index (κ1) is 8.91. The number of phenols is 1. The van der Waals surface area contributed by atoms with Crippen LogP contribution >= 0.6 is 0 Å². The Bertz CT molecular complexity index is 481. The van der Waals surface area contributed by atoms with Crippen molar-refractivity contribution in [2.75, 3.05) is 5.73 Å².